The maximum absolute atomic E-state index is 10.6. The predicted molar refractivity (Wildman–Crippen MR) is 210 cm³/mol. The summed E-state index contributed by atoms with van der Waals surface area (Å²) >= 11 is 0. The standard InChI is InChI=1S/C47H33N5/c1-29-9-7-14-38-39-24-31(26-48)17-20-44(39)52(47(29)38)41-22-19-33(23-30(41)2)35-13-8-10-34(28-50)46(35)40-25-32(27-49)18-21-45(40)51-42-15-5-3-11-36(42)37-12-4-6-16-43(37)51/h3-8,10-25,29-30,41H,9H2,1-2H3. The maximum Gasteiger partial charge on any atom is 0.0998 e. The molecule has 5 aromatic carbocycles. The summed E-state index contributed by atoms with van der Waals surface area (Å²) in [4.78, 5) is 0. The van der Waals surface area contributed by atoms with Crippen LogP contribution >= 0.6 is 0 Å². The summed E-state index contributed by atoms with van der Waals surface area (Å²) in [5.74, 6) is 0.462. The molecule has 2 heterocycles. The van der Waals surface area contributed by atoms with E-state index in [0.29, 0.717) is 22.6 Å². The van der Waals surface area contributed by atoms with E-state index in [2.05, 4.69) is 132 Å². The summed E-state index contributed by atoms with van der Waals surface area (Å²) in [7, 11) is 0. The predicted octanol–water partition coefficient (Wildman–Crippen LogP) is 11.4. The lowest BCUT2D eigenvalue weighted by Gasteiger charge is -2.30. The van der Waals surface area contributed by atoms with Gasteiger partial charge in [0.25, 0.3) is 0 Å². The highest BCUT2D eigenvalue weighted by molar-refractivity contribution is 6.10. The largest absolute Gasteiger partial charge is 0.336 e. The van der Waals surface area contributed by atoms with E-state index in [1.807, 2.05) is 42.5 Å². The van der Waals surface area contributed by atoms with Crippen LogP contribution in [0, 0.1) is 39.9 Å². The van der Waals surface area contributed by atoms with Crippen LogP contribution < -0.4 is 0 Å². The third kappa shape index (κ3) is 4.66. The second kappa shape index (κ2) is 12.2. The van der Waals surface area contributed by atoms with E-state index in [9.17, 15) is 15.8 Å². The maximum atomic E-state index is 10.6. The van der Waals surface area contributed by atoms with Crippen molar-refractivity contribution in [3.8, 4) is 35.0 Å². The molecule has 5 heteroatoms. The van der Waals surface area contributed by atoms with Crippen molar-refractivity contribution in [2.75, 3.05) is 0 Å². The monoisotopic (exact) mass is 667 g/mol. The second-order valence-electron chi connectivity index (χ2n) is 13.9. The molecular formula is C47H33N5. The highest BCUT2D eigenvalue weighted by Gasteiger charge is 2.30. The molecule has 52 heavy (non-hydrogen) atoms. The zero-order valence-corrected chi connectivity index (χ0v) is 28.9. The Bertz CT molecular complexity index is 2800. The summed E-state index contributed by atoms with van der Waals surface area (Å²) in [6.45, 7) is 4.54. The van der Waals surface area contributed by atoms with Gasteiger partial charge in [0.05, 0.1) is 57.7 Å². The second-order valence-corrected chi connectivity index (χ2v) is 13.9. The van der Waals surface area contributed by atoms with Crippen LogP contribution in [-0.4, -0.2) is 9.13 Å². The molecule has 9 rings (SSSR count). The molecule has 0 bridgehead atoms. The molecule has 0 aliphatic heterocycles. The fraction of sp³-hybridized carbons (Fsp3) is 0.128. The number of allylic oxidation sites excluding steroid dienone is 5. The Morgan fingerprint density at radius 1 is 0.654 bits per heavy atom. The van der Waals surface area contributed by atoms with Crippen molar-refractivity contribution >= 4 is 44.4 Å². The highest BCUT2D eigenvalue weighted by atomic mass is 15.0. The Balaban J connectivity index is 1.23. The average Bonchev–Trinajstić information content (AvgIpc) is 3.70. The molecule has 0 saturated carbocycles. The molecule has 0 fully saturated rings. The summed E-state index contributed by atoms with van der Waals surface area (Å²) < 4.78 is 4.74. The molecule has 0 spiro atoms. The van der Waals surface area contributed by atoms with Crippen molar-refractivity contribution in [1.29, 1.82) is 15.8 Å². The van der Waals surface area contributed by atoms with Crippen LogP contribution in [0.3, 0.4) is 0 Å². The van der Waals surface area contributed by atoms with E-state index in [0.717, 1.165) is 67.1 Å². The topological polar surface area (TPSA) is 81.2 Å². The molecule has 7 aromatic rings. The molecule has 2 aliphatic rings. The Kier molecular flexibility index (Phi) is 7.29. The van der Waals surface area contributed by atoms with Crippen molar-refractivity contribution < 1.29 is 0 Å². The molecule has 5 nitrogen and oxygen atoms in total. The average molecular weight is 668 g/mol. The number of nitrogens with zero attached hydrogens (tertiary/aromatic N) is 5. The van der Waals surface area contributed by atoms with Gasteiger partial charge in [0, 0.05) is 50.0 Å². The van der Waals surface area contributed by atoms with Crippen molar-refractivity contribution in [3.63, 3.8) is 0 Å². The normalized spacial score (nSPS) is 17.8. The third-order valence-electron chi connectivity index (χ3n) is 10.9. The summed E-state index contributed by atoms with van der Waals surface area (Å²) in [5.41, 5.74) is 12.1. The summed E-state index contributed by atoms with van der Waals surface area (Å²) in [5, 5.41) is 33.8. The van der Waals surface area contributed by atoms with Gasteiger partial charge in [0.1, 0.15) is 0 Å². The highest BCUT2D eigenvalue weighted by Crippen LogP contribution is 2.45. The Morgan fingerprint density at radius 3 is 2.08 bits per heavy atom. The van der Waals surface area contributed by atoms with Crippen molar-refractivity contribution in [3.05, 3.63) is 161 Å². The van der Waals surface area contributed by atoms with Gasteiger partial charge in [0.15, 0.2) is 0 Å². The van der Waals surface area contributed by atoms with E-state index in [4.69, 9.17) is 0 Å². The van der Waals surface area contributed by atoms with Gasteiger partial charge in [-0.05, 0) is 78.1 Å². The zero-order valence-electron chi connectivity index (χ0n) is 28.9. The van der Waals surface area contributed by atoms with Crippen LogP contribution in [0.4, 0.5) is 0 Å². The van der Waals surface area contributed by atoms with Crippen LogP contribution in [-0.2, 0) is 0 Å². The molecule has 2 aliphatic carbocycles. The molecule has 246 valence electrons. The van der Waals surface area contributed by atoms with Gasteiger partial charge in [-0.15, -0.1) is 0 Å². The molecule has 3 atom stereocenters. The molecule has 2 aromatic heterocycles. The Hall–Kier alpha value is -6.87. The van der Waals surface area contributed by atoms with E-state index in [1.165, 1.54) is 11.3 Å². The third-order valence-corrected chi connectivity index (χ3v) is 10.9. The van der Waals surface area contributed by atoms with E-state index in [-0.39, 0.29) is 12.0 Å². The van der Waals surface area contributed by atoms with Crippen molar-refractivity contribution in [1.82, 2.24) is 9.13 Å². The minimum atomic E-state index is 0.0644. The summed E-state index contributed by atoms with van der Waals surface area (Å²) in [6.07, 6.45) is 12.3. The number of nitriles is 3. The molecule has 0 N–H and O–H groups in total. The number of fused-ring (bicyclic) bond motifs is 6. The number of hydrogen-bond donors (Lipinski definition) is 0. The van der Waals surface area contributed by atoms with Crippen LogP contribution in [0.5, 0.6) is 0 Å². The van der Waals surface area contributed by atoms with Gasteiger partial charge in [-0.2, -0.15) is 15.8 Å². The molecule has 3 unspecified atom stereocenters. The lowest BCUT2D eigenvalue weighted by atomic mass is 9.84. The zero-order chi connectivity index (χ0) is 35.5. The minimum Gasteiger partial charge on any atom is -0.336 e. The summed E-state index contributed by atoms with van der Waals surface area (Å²) in [6, 6.07) is 41.8. The Morgan fingerprint density at radius 2 is 1.37 bits per heavy atom. The first-order valence-electron chi connectivity index (χ1n) is 17.7. The molecule has 0 radical (unpaired) electrons. The fourth-order valence-electron chi connectivity index (χ4n) is 8.60. The fourth-order valence-corrected chi connectivity index (χ4v) is 8.60. The van der Waals surface area contributed by atoms with Crippen LogP contribution in [0.1, 0.15) is 65.7 Å². The number of hydrogen-bond acceptors (Lipinski definition) is 3. The van der Waals surface area contributed by atoms with Gasteiger partial charge >= 0.3 is 0 Å². The number of rotatable bonds is 4. The lowest BCUT2D eigenvalue weighted by molar-refractivity contribution is 0.475. The minimum absolute atomic E-state index is 0.0644. The van der Waals surface area contributed by atoms with Gasteiger partial charge < -0.3 is 9.13 Å². The van der Waals surface area contributed by atoms with Crippen molar-refractivity contribution in [2.45, 2.75) is 32.2 Å². The number of para-hydroxylation sites is 2. The first-order chi connectivity index (χ1) is 25.5. The van der Waals surface area contributed by atoms with Crippen LogP contribution in [0.25, 0.3) is 61.2 Å². The first-order valence-corrected chi connectivity index (χ1v) is 17.7. The SMILES string of the molecule is CC1CC=Cc2c1n(C1C=CC(c3cccc(C#N)c3-c3cc(C#N)ccc3-n3c4ccccc4c4ccccc43)=CC1C)c1ccc(C#N)cc21. The quantitative estimate of drug-likeness (QED) is 0.187. The molecule has 0 amide bonds. The van der Waals surface area contributed by atoms with E-state index >= 15 is 0 Å². The van der Waals surface area contributed by atoms with Gasteiger partial charge in [0.2, 0.25) is 0 Å². The number of aromatic nitrogens is 2. The molecule has 0 saturated heterocycles. The van der Waals surface area contributed by atoms with Gasteiger partial charge in [-0.25, -0.2) is 0 Å². The van der Waals surface area contributed by atoms with Gasteiger partial charge in [-0.3, -0.25) is 0 Å². The van der Waals surface area contributed by atoms with Crippen LogP contribution in [0.15, 0.2) is 127 Å². The smallest absolute Gasteiger partial charge is 0.0998 e. The lowest BCUT2D eigenvalue weighted by Crippen LogP contribution is -2.20. The van der Waals surface area contributed by atoms with Gasteiger partial charge in [-0.1, -0.05) is 92.8 Å². The Labute approximate surface area is 302 Å². The van der Waals surface area contributed by atoms with Crippen LogP contribution in [0.2, 0.25) is 0 Å². The van der Waals surface area contributed by atoms with Crippen molar-refractivity contribution in [2.24, 2.45) is 5.92 Å². The first kappa shape index (κ1) is 31.1. The van der Waals surface area contributed by atoms with E-state index in [1.54, 1.807) is 0 Å². The molecular weight excluding hydrogens is 635 g/mol. The van der Waals surface area contributed by atoms with E-state index < -0.39 is 0 Å². The number of benzene rings is 5.